The van der Waals surface area contributed by atoms with Gasteiger partial charge in [-0.15, -0.1) is 0 Å². The minimum Gasteiger partial charge on any atom is -0.330 e. The van der Waals surface area contributed by atoms with Crippen molar-refractivity contribution in [3.63, 3.8) is 0 Å². The average Bonchev–Trinajstić information content (AvgIpc) is 2.74. The maximum atomic E-state index is 13.4. The number of hydrogen-bond acceptors (Lipinski definition) is 4. The number of hydrogen-bond donors (Lipinski definition) is 0. The largest absolute Gasteiger partial charge is 0.330 e. The van der Waals surface area contributed by atoms with Gasteiger partial charge in [-0.3, -0.25) is 19.9 Å². The highest BCUT2D eigenvalue weighted by molar-refractivity contribution is 5.96. The normalized spacial score (nSPS) is 10.6. The van der Waals surface area contributed by atoms with Gasteiger partial charge in [0.25, 0.3) is 11.6 Å². The summed E-state index contributed by atoms with van der Waals surface area (Å²) in [7, 11) is 0. The summed E-state index contributed by atoms with van der Waals surface area (Å²) in [6.07, 6.45) is 4.36. The summed E-state index contributed by atoms with van der Waals surface area (Å²) in [5.74, 6) is -0.241. The number of rotatable bonds is 7. The molecule has 0 atom stereocenters. The third-order valence-corrected chi connectivity index (χ3v) is 4.92. The summed E-state index contributed by atoms with van der Waals surface area (Å²) < 4.78 is 0. The summed E-state index contributed by atoms with van der Waals surface area (Å²) in [6.45, 7) is 4.48. The van der Waals surface area contributed by atoms with Gasteiger partial charge < -0.3 is 4.90 Å². The molecule has 0 fully saturated rings. The fourth-order valence-electron chi connectivity index (χ4n) is 3.24. The second-order valence-electron chi connectivity index (χ2n) is 6.90. The molecule has 0 radical (unpaired) electrons. The number of carbonyl (C=O) groups excluding carboxylic acids is 1. The molecule has 6 nitrogen and oxygen atoms in total. The molecule has 0 aliphatic carbocycles. The summed E-state index contributed by atoms with van der Waals surface area (Å²) in [4.78, 5) is 30.0. The number of pyridine rings is 1. The lowest BCUT2D eigenvalue weighted by atomic mass is 10.0. The van der Waals surface area contributed by atoms with Crippen LogP contribution >= 0.6 is 0 Å². The Hall–Kier alpha value is -3.54. The summed E-state index contributed by atoms with van der Waals surface area (Å²) in [5, 5.41) is 11.3. The van der Waals surface area contributed by atoms with Crippen LogP contribution in [0.4, 0.5) is 5.69 Å². The van der Waals surface area contributed by atoms with Crippen molar-refractivity contribution < 1.29 is 9.72 Å². The third-order valence-electron chi connectivity index (χ3n) is 4.92. The highest BCUT2D eigenvalue weighted by atomic mass is 16.6. The van der Waals surface area contributed by atoms with Crippen LogP contribution in [0.25, 0.3) is 0 Å². The number of aromatic nitrogens is 1. The van der Waals surface area contributed by atoms with Crippen LogP contribution in [0.2, 0.25) is 0 Å². The van der Waals surface area contributed by atoms with E-state index >= 15 is 0 Å². The first-order valence-corrected chi connectivity index (χ1v) is 9.49. The molecule has 0 bridgehead atoms. The molecule has 0 N–H and O–H groups in total. The maximum Gasteiger partial charge on any atom is 0.273 e. The first kappa shape index (κ1) is 20.2. The topological polar surface area (TPSA) is 76.3 Å². The van der Waals surface area contributed by atoms with E-state index in [4.69, 9.17) is 0 Å². The Balaban J connectivity index is 1.94. The predicted molar refractivity (Wildman–Crippen MR) is 111 cm³/mol. The molecule has 1 aromatic heterocycles. The van der Waals surface area contributed by atoms with E-state index in [9.17, 15) is 14.9 Å². The van der Waals surface area contributed by atoms with Crippen molar-refractivity contribution in [3.8, 4) is 0 Å². The third kappa shape index (κ3) is 4.85. The minimum absolute atomic E-state index is 0.0514. The second kappa shape index (κ2) is 9.10. The van der Waals surface area contributed by atoms with Crippen LogP contribution in [0.15, 0.2) is 67.0 Å². The highest BCUT2D eigenvalue weighted by Gasteiger charge is 2.23. The van der Waals surface area contributed by atoms with E-state index < -0.39 is 4.92 Å². The summed E-state index contributed by atoms with van der Waals surface area (Å²) >= 11 is 0. The van der Waals surface area contributed by atoms with Gasteiger partial charge in [-0.1, -0.05) is 43.3 Å². The van der Waals surface area contributed by atoms with E-state index in [-0.39, 0.29) is 11.6 Å². The minimum atomic E-state index is -0.457. The van der Waals surface area contributed by atoms with Crippen LogP contribution in [0.1, 0.15) is 39.5 Å². The monoisotopic (exact) mass is 389 g/mol. The smallest absolute Gasteiger partial charge is 0.273 e. The molecule has 0 saturated heterocycles. The molecule has 6 heteroatoms. The molecule has 0 aliphatic heterocycles. The Bertz CT molecular complexity index is 1000. The molecule has 0 aliphatic rings. The van der Waals surface area contributed by atoms with Crippen molar-refractivity contribution >= 4 is 11.6 Å². The van der Waals surface area contributed by atoms with Gasteiger partial charge in [0.1, 0.15) is 0 Å². The van der Waals surface area contributed by atoms with E-state index in [0.717, 1.165) is 17.5 Å². The van der Waals surface area contributed by atoms with E-state index in [0.29, 0.717) is 24.2 Å². The lowest BCUT2D eigenvalue weighted by Crippen LogP contribution is -2.30. The highest BCUT2D eigenvalue weighted by Crippen LogP contribution is 2.24. The molecular formula is C23H23N3O3. The molecule has 1 heterocycles. The van der Waals surface area contributed by atoms with Gasteiger partial charge in [-0.25, -0.2) is 0 Å². The quantitative estimate of drug-likeness (QED) is 0.433. The first-order valence-electron chi connectivity index (χ1n) is 9.49. The van der Waals surface area contributed by atoms with Gasteiger partial charge in [0.05, 0.1) is 4.92 Å². The fraction of sp³-hybridized carbons (Fsp3) is 0.217. The number of amides is 1. The zero-order chi connectivity index (χ0) is 20.8. The molecule has 29 heavy (non-hydrogen) atoms. The lowest BCUT2D eigenvalue weighted by molar-refractivity contribution is -0.385. The van der Waals surface area contributed by atoms with Crippen LogP contribution < -0.4 is 0 Å². The molecule has 3 rings (SSSR count). The molecule has 1 amide bonds. The van der Waals surface area contributed by atoms with E-state index in [1.165, 1.54) is 11.6 Å². The number of nitro benzene ring substituents is 1. The molecule has 0 unspecified atom stereocenters. The van der Waals surface area contributed by atoms with Crippen molar-refractivity contribution in [3.05, 3.63) is 105 Å². The van der Waals surface area contributed by atoms with Crippen molar-refractivity contribution in [1.29, 1.82) is 0 Å². The number of carbonyl (C=O) groups is 1. The van der Waals surface area contributed by atoms with Gasteiger partial charge in [0.15, 0.2) is 0 Å². The second-order valence-corrected chi connectivity index (χ2v) is 6.90. The van der Waals surface area contributed by atoms with Crippen LogP contribution in [-0.2, 0) is 19.5 Å². The molecule has 0 spiro atoms. The number of benzene rings is 2. The Morgan fingerprint density at radius 2 is 1.69 bits per heavy atom. The van der Waals surface area contributed by atoms with Crippen molar-refractivity contribution in [2.45, 2.75) is 33.4 Å². The number of aryl methyl sites for hydroxylation is 1. The Kier molecular flexibility index (Phi) is 6.34. The zero-order valence-corrected chi connectivity index (χ0v) is 16.5. The van der Waals surface area contributed by atoms with Crippen molar-refractivity contribution in [2.24, 2.45) is 0 Å². The summed E-state index contributed by atoms with van der Waals surface area (Å²) in [6, 6.07) is 16.5. The fourth-order valence-corrected chi connectivity index (χ4v) is 3.24. The van der Waals surface area contributed by atoms with E-state index in [2.05, 4.69) is 24.0 Å². The Morgan fingerprint density at radius 1 is 1.00 bits per heavy atom. The van der Waals surface area contributed by atoms with Gasteiger partial charge in [0, 0.05) is 42.7 Å². The standard InChI is InChI=1S/C23H23N3O3/c1-3-18-9-11-19(12-10-18)15-25(16-20-6-5-13-24-14-20)23(27)21-7-4-8-22(17(21)2)26(28)29/h4-14H,3,15-16H2,1-2H3. The Morgan fingerprint density at radius 3 is 2.31 bits per heavy atom. The van der Waals surface area contributed by atoms with Gasteiger partial charge >= 0.3 is 0 Å². The number of nitrogens with zero attached hydrogens (tertiary/aromatic N) is 3. The SMILES string of the molecule is CCc1ccc(CN(Cc2cccnc2)C(=O)c2cccc([N+](=O)[O-])c2C)cc1. The first-order chi connectivity index (χ1) is 14.0. The van der Waals surface area contributed by atoms with E-state index in [1.54, 1.807) is 36.4 Å². The average molecular weight is 389 g/mol. The molecular weight excluding hydrogens is 366 g/mol. The van der Waals surface area contributed by atoms with Crippen LogP contribution in [0.3, 0.4) is 0 Å². The van der Waals surface area contributed by atoms with Gasteiger partial charge in [-0.2, -0.15) is 0 Å². The van der Waals surface area contributed by atoms with Gasteiger partial charge in [0.2, 0.25) is 0 Å². The predicted octanol–water partition coefficient (Wildman–Crippen LogP) is 4.70. The molecule has 0 saturated carbocycles. The van der Waals surface area contributed by atoms with Crippen LogP contribution in [0.5, 0.6) is 0 Å². The number of nitro groups is 1. The van der Waals surface area contributed by atoms with Crippen LogP contribution in [0, 0.1) is 17.0 Å². The molecule has 3 aromatic rings. The zero-order valence-electron chi connectivity index (χ0n) is 16.5. The van der Waals surface area contributed by atoms with E-state index in [1.807, 2.05) is 24.3 Å². The molecule has 2 aromatic carbocycles. The lowest BCUT2D eigenvalue weighted by Gasteiger charge is -2.24. The Labute approximate surface area is 170 Å². The van der Waals surface area contributed by atoms with Crippen LogP contribution in [-0.4, -0.2) is 20.7 Å². The summed E-state index contributed by atoms with van der Waals surface area (Å²) in [5.41, 5.74) is 3.79. The molecule has 148 valence electrons. The van der Waals surface area contributed by atoms with Crippen molar-refractivity contribution in [2.75, 3.05) is 0 Å². The van der Waals surface area contributed by atoms with Gasteiger partial charge in [-0.05, 0) is 42.2 Å². The maximum absolute atomic E-state index is 13.4. The van der Waals surface area contributed by atoms with Crippen molar-refractivity contribution in [1.82, 2.24) is 9.88 Å².